The molecular weight excluding hydrogens is 152 g/mol. The molecule has 3 heteroatoms. The van der Waals surface area contributed by atoms with E-state index in [1.54, 1.807) is 6.20 Å². The van der Waals surface area contributed by atoms with Crippen LogP contribution in [0.4, 0.5) is 0 Å². The summed E-state index contributed by atoms with van der Waals surface area (Å²) in [6.07, 6.45) is 7.74. The summed E-state index contributed by atoms with van der Waals surface area (Å²) in [7, 11) is 0. The van der Waals surface area contributed by atoms with Crippen molar-refractivity contribution in [1.29, 1.82) is 0 Å². The number of aliphatic hydroxyl groups excluding tert-OH is 1. The van der Waals surface area contributed by atoms with Gasteiger partial charge in [-0.2, -0.15) is 0 Å². The second kappa shape index (κ2) is 3.27. The zero-order valence-electron chi connectivity index (χ0n) is 7.11. The highest BCUT2D eigenvalue weighted by atomic mass is 16.3. The minimum absolute atomic E-state index is 0.0553. The fourth-order valence-corrected chi connectivity index (χ4v) is 1.61. The number of aromatic nitrogens is 2. The molecule has 0 radical (unpaired) electrons. The Morgan fingerprint density at radius 1 is 1.58 bits per heavy atom. The summed E-state index contributed by atoms with van der Waals surface area (Å²) >= 11 is 0. The Balaban J connectivity index is 2.00. The Morgan fingerprint density at radius 3 is 3.00 bits per heavy atom. The van der Waals surface area contributed by atoms with Crippen LogP contribution < -0.4 is 0 Å². The van der Waals surface area contributed by atoms with E-state index in [0.717, 1.165) is 18.3 Å². The van der Waals surface area contributed by atoms with Crippen LogP contribution in [0.2, 0.25) is 0 Å². The summed E-state index contributed by atoms with van der Waals surface area (Å²) in [4.78, 5) is 4.06. The number of imidazole rings is 1. The van der Waals surface area contributed by atoms with Crippen molar-refractivity contribution in [3.63, 3.8) is 0 Å². The Hall–Kier alpha value is -0.830. The molecule has 1 aromatic rings. The minimum Gasteiger partial charge on any atom is -0.388 e. The molecule has 12 heavy (non-hydrogen) atoms. The number of hydrogen-bond donors (Lipinski definition) is 1. The molecule has 1 aliphatic rings. The maximum atomic E-state index is 8.93. The van der Waals surface area contributed by atoms with Gasteiger partial charge in [-0.05, 0) is 18.8 Å². The van der Waals surface area contributed by atoms with Crippen LogP contribution in [-0.2, 0) is 13.2 Å². The molecule has 1 aromatic heterocycles. The van der Waals surface area contributed by atoms with Crippen molar-refractivity contribution in [2.75, 3.05) is 0 Å². The summed E-state index contributed by atoms with van der Waals surface area (Å²) in [5.74, 6) is 1.62. The first-order valence-corrected chi connectivity index (χ1v) is 4.51. The van der Waals surface area contributed by atoms with Gasteiger partial charge in [0.15, 0.2) is 0 Å². The summed E-state index contributed by atoms with van der Waals surface area (Å²) in [5.41, 5.74) is 0. The van der Waals surface area contributed by atoms with Gasteiger partial charge in [0.1, 0.15) is 12.4 Å². The normalized spacial score (nSPS) is 17.8. The van der Waals surface area contributed by atoms with Crippen LogP contribution in [0.5, 0.6) is 0 Å². The smallest absolute Gasteiger partial charge is 0.134 e. The first-order valence-electron chi connectivity index (χ1n) is 4.51. The van der Waals surface area contributed by atoms with E-state index >= 15 is 0 Å². The van der Waals surface area contributed by atoms with Crippen molar-refractivity contribution in [3.8, 4) is 0 Å². The Kier molecular flexibility index (Phi) is 2.13. The molecule has 0 aliphatic heterocycles. The van der Waals surface area contributed by atoms with Gasteiger partial charge in [-0.25, -0.2) is 4.98 Å². The zero-order valence-corrected chi connectivity index (χ0v) is 7.11. The van der Waals surface area contributed by atoms with Crippen molar-refractivity contribution >= 4 is 0 Å². The number of rotatable bonds is 3. The molecule has 0 saturated heterocycles. The van der Waals surface area contributed by atoms with Crippen LogP contribution >= 0.6 is 0 Å². The number of hydrogen-bond acceptors (Lipinski definition) is 2. The van der Waals surface area contributed by atoms with Crippen molar-refractivity contribution in [1.82, 2.24) is 9.55 Å². The van der Waals surface area contributed by atoms with Gasteiger partial charge in [0, 0.05) is 18.9 Å². The van der Waals surface area contributed by atoms with Crippen molar-refractivity contribution < 1.29 is 5.11 Å². The highest BCUT2D eigenvalue weighted by Crippen LogP contribution is 2.27. The van der Waals surface area contributed by atoms with Crippen LogP contribution in [0.1, 0.15) is 25.1 Å². The first-order chi connectivity index (χ1) is 5.90. The van der Waals surface area contributed by atoms with Gasteiger partial charge in [-0.15, -0.1) is 0 Å². The number of nitrogens with zero attached hydrogens (tertiary/aromatic N) is 2. The third kappa shape index (κ3) is 1.37. The van der Waals surface area contributed by atoms with E-state index < -0.39 is 0 Å². The van der Waals surface area contributed by atoms with Crippen molar-refractivity contribution in [2.45, 2.75) is 32.4 Å². The van der Waals surface area contributed by atoms with E-state index in [1.807, 2.05) is 6.20 Å². The summed E-state index contributed by atoms with van der Waals surface area (Å²) in [6, 6.07) is 0. The van der Waals surface area contributed by atoms with Crippen LogP contribution in [0.25, 0.3) is 0 Å². The summed E-state index contributed by atoms with van der Waals surface area (Å²) < 4.78 is 2.06. The summed E-state index contributed by atoms with van der Waals surface area (Å²) in [5, 5.41) is 8.93. The molecule has 1 aliphatic carbocycles. The first kappa shape index (κ1) is 7.80. The second-order valence-electron chi connectivity index (χ2n) is 3.45. The average Bonchev–Trinajstić information content (AvgIpc) is 2.43. The average molecular weight is 166 g/mol. The lowest BCUT2D eigenvalue weighted by atomic mass is 9.85. The van der Waals surface area contributed by atoms with E-state index in [0.29, 0.717) is 0 Å². The lowest BCUT2D eigenvalue weighted by molar-refractivity contribution is 0.241. The molecular formula is C9H14N2O. The predicted octanol–water partition coefficient (Wildman–Crippen LogP) is 1.18. The van der Waals surface area contributed by atoms with Gasteiger partial charge in [0.05, 0.1) is 0 Å². The van der Waals surface area contributed by atoms with E-state index in [2.05, 4.69) is 9.55 Å². The zero-order chi connectivity index (χ0) is 8.39. The monoisotopic (exact) mass is 166 g/mol. The molecule has 66 valence electrons. The molecule has 0 aromatic carbocycles. The van der Waals surface area contributed by atoms with Crippen molar-refractivity contribution in [2.24, 2.45) is 5.92 Å². The fraction of sp³-hybridized carbons (Fsp3) is 0.667. The Morgan fingerprint density at radius 2 is 2.42 bits per heavy atom. The van der Waals surface area contributed by atoms with Gasteiger partial charge >= 0.3 is 0 Å². The lowest BCUT2D eigenvalue weighted by Crippen LogP contribution is -2.19. The van der Waals surface area contributed by atoms with Crippen LogP contribution in [0.3, 0.4) is 0 Å². The molecule has 1 heterocycles. The largest absolute Gasteiger partial charge is 0.388 e. The van der Waals surface area contributed by atoms with E-state index in [9.17, 15) is 0 Å². The maximum Gasteiger partial charge on any atom is 0.134 e. The molecule has 1 fully saturated rings. The predicted molar refractivity (Wildman–Crippen MR) is 45.5 cm³/mol. The molecule has 1 N–H and O–H groups in total. The van der Waals surface area contributed by atoms with Crippen LogP contribution in [0.15, 0.2) is 12.4 Å². The number of aliphatic hydroxyl groups is 1. The van der Waals surface area contributed by atoms with Gasteiger partial charge in [0.25, 0.3) is 0 Å². The molecule has 3 nitrogen and oxygen atoms in total. The molecule has 0 bridgehead atoms. The molecule has 1 saturated carbocycles. The van der Waals surface area contributed by atoms with E-state index in [4.69, 9.17) is 5.11 Å². The van der Waals surface area contributed by atoms with E-state index in [-0.39, 0.29) is 6.61 Å². The van der Waals surface area contributed by atoms with Crippen molar-refractivity contribution in [3.05, 3.63) is 18.2 Å². The second-order valence-corrected chi connectivity index (χ2v) is 3.45. The molecule has 0 spiro atoms. The highest BCUT2D eigenvalue weighted by Gasteiger charge is 2.18. The third-order valence-electron chi connectivity index (χ3n) is 2.62. The van der Waals surface area contributed by atoms with Gasteiger partial charge in [0.2, 0.25) is 0 Å². The lowest BCUT2D eigenvalue weighted by Gasteiger charge is -2.26. The fourth-order valence-electron chi connectivity index (χ4n) is 1.61. The van der Waals surface area contributed by atoms with Crippen LogP contribution in [0, 0.1) is 5.92 Å². The third-order valence-corrected chi connectivity index (χ3v) is 2.62. The maximum absolute atomic E-state index is 8.93. The standard InChI is InChI=1S/C9H14N2O/c12-7-9-10-4-5-11(9)6-8-2-1-3-8/h4-5,8,12H,1-3,6-7H2. The Bertz CT molecular complexity index is 253. The van der Waals surface area contributed by atoms with Gasteiger partial charge in [-0.1, -0.05) is 6.42 Å². The highest BCUT2D eigenvalue weighted by molar-refractivity contribution is 4.91. The molecule has 0 unspecified atom stereocenters. The SMILES string of the molecule is OCc1nccn1CC1CCC1. The van der Waals surface area contributed by atoms with E-state index in [1.165, 1.54) is 19.3 Å². The topological polar surface area (TPSA) is 38.1 Å². The van der Waals surface area contributed by atoms with Gasteiger partial charge < -0.3 is 9.67 Å². The molecule has 2 rings (SSSR count). The van der Waals surface area contributed by atoms with Gasteiger partial charge in [-0.3, -0.25) is 0 Å². The minimum atomic E-state index is 0.0553. The summed E-state index contributed by atoms with van der Waals surface area (Å²) in [6.45, 7) is 1.09. The Labute approximate surface area is 72.0 Å². The quantitative estimate of drug-likeness (QED) is 0.732. The molecule has 0 amide bonds. The molecule has 0 atom stereocenters. The van der Waals surface area contributed by atoms with Crippen LogP contribution in [-0.4, -0.2) is 14.7 Å².